The Kier molecular flexibility index (Phi) is 5.66. The van der Waals surface area contributed by atoms with Gasteiger partial charge in [0.25, 0.3) is 0 Å². The summed E-state index contributed by atoms with van der Waals surface area (Å²) in [5.74, 6) is 1.04. The molecule has 0 radical (unpaired) electrons. The third-order valence-corrected chi connectivity index (χ3v) is 3.99. The fourth-order valence-electron chi connectivity index (χ4n) is 1.75. The maximum Gasteiger partial charge on any atom is 0.235 e. The van der Waals surface area contributed by atoms with E-state index in [0.717, 1.165) is 0 Å². The molecule has 0 fully saturated rings. The Labute approximate surface area is 124 Å². The predicted octanol–water partition coefficient (Wildman–Crippen LogP) is 0.862. The Morgan fingerprint density at radius 2 is 1.90 bits per heavy atom. The second kappa shape index (κ2) is 7.48. The van der Waals surface area contributed by atoms with Crippen molar-refractivity contribution in [3.05, 3.63) is 18.2 Å². The fraction of sp³-hybridized carbons (Fsp3) is 0.538. The normalized spacial score (nSPS) is 14.0. The molecule has 1 aliphatic heterocycles. The predicted molar refractivity (Wildman–Crippen MR) is 77.5 cm³/mol. The third kappa shape index (κ3) is 5.07. The summed E-state index contributed by atoms with van der Waals surface area (Å²) in [7, 11) is -1.90. The molecule has 0 amide bonds. The van der Waals surface area contributed by atoms with Crippen molar-refractivity contribution in [1.82, 2.24) is 0 Å². The first-order valence-electron chi connectivity index (χ1n) is 6.57. The molecule has 2 rings (SSSR count). The molecule has 0 atom stereocenters. The molecule has 118 valence electrons. The summed E-state index contributed by atoms with van der Waals surface area (Å²) in [4.78, 5) is 0. The molecule has 0 saturated heterocycles. The number of rotatable bonds is 8. The van der Waals surface area contributed by atoms with Crippen molar-refractivity contribution < 1.29 is 27.4 Å². The Morgan fingerprint density at radius 3 is 2.67 bits per heavy atom. The van der Waals surface area contributed by atoms with E-state index in [1.54, 1.807) is 25.3 Å². The zero-order chi connectivity index (χ0) is 15.1. The van der Waals surface area contributed by atoms with Crippen molar-refractivity contribution in [2.45, 2.75) is 0 Å². The van der Waals surface area contributed by atoms with Crippen LogP contribution in [0.25, 0.3) is 0 Å². The molecular weight excluding hydrogens is 298 g/mol. The van der Waals surface area contributed by atoms with Gasteiger partial charge in [0.15, 0.2) is 11.5 Å². The number of benzene rings is 1. The average molecular weight is 317 g/mol. The number of anilines is 1. The topological polar surface area (TPSA) is 83.1 Å². The van der Waals surface area contributed by atoms with E-state index in [4.69, 9.17) is 18.9 Å². The molecule has 21 heavy (non-hydrogen) atoms. The van der Waals surface area contributed by atoms with E-state index < -0.39 is 10.0 Å². The smallest absolute Gasteiger partial charge is 0.235 e. The zero-order valence-electron chi connectivity index (χ0n) is 11.8. The largest absolute Gasteiger partial charge is 0.486 e. The third-order valence-electron chi connectivity index (χ3n) is 2.74. The van der Waals surface area contributed by atoms with Gasteiger partial charge in [-0.1, -0.05) is 0 Å². The van der Waals surface area contributed by atoms with E-state index >= 15 is 0 Å². The summed E-state index contributed by atoms with van der Waals surface area (Å²) in [6.07, 6.45) is 0. The molecule has 1 aromatic rings. The van der Waals surface area contributed by atoms with E-state index in [1.165, 1.54) is 0 Å². The number of fused-ring (bicyclic) bond motifs is 1. The number of hydrogen-bond donors (Lipinski definition) is 1. The quantitative estimate of drug-likeness (QED) is 0.716. The van der Waals surface area contributed by atoms with E-state index in [0.29, 0.717) is 43.6 Å². The standard InChI is InChI=1S/C13H19NO6S/c1-17-4-5-18-8-9-21(15,16)14-11-2-3-12-13(10-11)20-7-6-19-12/h2-3,10,14H,4-9H2,1H3. The van der Waals surface area contributed by atoms with E-state index in [-0.39, 0.29) is 12.4 Å². The monoisotopic (exact) mass is 317 g/mol. The Morgan fingerprint density at radius 1 is 1.14 bits per heavy atom. The van der Waals surface area contributed by atoms with Crippen LogP contribution in [-0.4, -0.2) is 54.3 Å². The Hall–Kier alpha value is -1.51. The van der Waals surface area contributed by atoms with Crippen molar-refractivity contribution in [2.24, 2.45) is 0 Å². The SMILES string of the molecule is COCCOCCS(=O)(=O)Nc1ccc2c(c1)OCCO2. The van der Waals surface area contributed by atoms with Gasteiger partial charge in [0.1, 0.15) is 13.2 Å². The summed E-state index contributed by atoms with van der Waals surface area (Å²) in [6.45, 7) is 1.88. The number of ether oxygens (including phenoxy) is 4. The van der Waals surface area contributed by atoms with Crippen LogP contribution in [0.2, 0.25) is 0 Å². The van der Waals surface area contributed by atoms with Crippen molar-refractivity contribution in [3.63, 3.8) is 0 Å². The summed E-state index contributed by atoms with van der Waals surface area (Å²) in [5.41, 5.74) is 0.441. The van der Waals surface area contributed by atoms with Crippen LogP contribution in [0.15, 0.2) is 18.2 Å². The minimum Gasteiger partial charge on any atom is -0.486 e. The summed E-state index contributed by atoms with van der Waals surface area (Å²) >= 11 is 0. The second-order valence-corrected chi connectivity index (χ2v) is 6.23. The lowest BCUT2D eigenvalue weighted by Crippen LogP contribution is -2.21. The van der Waals surface area contributed by atoms with Gasteiger partial charge in [-0.15, -0.1) is 0 Å². The number of methoxy groups -OCH3 is 1. The summed E-state index contributed by atoms with van der Waals surface area (Å²) < 4.78 is 47.0. The van der Waals surface area contributed by atoms with Crippen LogP contribution in [0.5, 0.6) is 11.5 Å². The van der Waals surface area contributed by atoms with Crippen molar-refractivity contribution in [1.29, 1.82) is 0 Å². The van der Waals surface area contributed by atoms with E-state index in [9.17, 15) is 8.42 Å². The molecule has 8 heteroatoms. The molecular formula is C13H19NO6S. The maximum atomic E-state index is 11.9. The van der Waals surface area contributed by atoms with Gasteiger partial charge in [0.2, 0.25) is 10.0 Å². The Bertz CT molecular complexity index is 560. The average Bonchev–Trinajstić information content (AvgIpc) is 2.46. The van der Waals surface area contributed by atoms with Gasteiger partial charge in [0, 0.05) is 13.2 Å². The minimum atomic E-state index is -3.46. The summed E-state index contributed by atoms with van der Waals surface area (Å²) in [6, 6.07) is 4.93. The van der Waals surface area contributed by atoms with Gasteiger partial charge in [0.05, 0.1) is 31.3 Å². The molecule has 0 unspecified atom stereocenters. The number of sulfonamides is 1. The lowest BCUT2D eigenvalue weighted by atomic mass is 10.3. The highest BCUT2D eigenvalue weighted by atomic mass is 32.2. The first-order chi connectivity index (χ1) is 10.1. The van der Waals surface area contributed by atoms with Gasteiger partial charge < -0.3 is 18.9 Å². The van der Waals surface area contributed by atoms with Crippen molar-refractivity contribution >= 4 is 15.7 Å². The van der Waals surface area contributed by atoms with Crippen LogP contribution in [-0.2, 0) is 19.5 Å². The maximum absolute atomic E-state index is 11.9. The second-order valence-electron chi connectivity index (χ2n) is 4.38. The van der Waals surface area contributed by atoms with Gasteiger partial charge >= 0.3 is 0 Å². The molecule has 0 bridgehead atoms. The first-order valence-corrected chi connectivity index (χ1v) is 8.23. The molecule has 1 aliphatic rings. The van der Waals surface area contributed by atoms with E-state index in [1.807, 2.05) is 0 Å². The minimum absolute atomic E-state index is 0.114. The molecule has 1 aromatic carbocycles. The highest BCUT2D eigenvalue weighted by Gasteiger charge is 2.15. The van der Waals surface area contributed by atoms with Gasteiger partial charge in [-0.05, 0) is 12.1 Å². The molecule has 1 N–H and O–H groups in total. The molecule has 0 aliphatic carbocycles. The van der Waals surface area contributed by atoms with Gasteiger partial charge in [-0.2, -0.15) is 0 Å². The van der Waals surface area contributed by atoms with Crippen LogP contribution in [0.3, 0.4) is 0 Å². The van der Waals surface area contributed by atoms with Crippen LogP contribution in [0.1, 0.15) is 0 Å². The lowest BCUT2D eigenvalue weighted by Gasteiger charge is -2.19. The zero-order valence-corrected chi connectivity index (χ0v) is 12.6. The van der Waals surface area contributed by atoms with Crippen LogP contribution in [0, 0.1) is 0 Å². The van der Waals surface area contributed by atoms with Crippen LogP contribution in [0.4, 0.5) is 5.69 Å². The highest BCUT2D eigenvalue weighted by Crippen LogP contribution is 2.32. The van der Waals surface area contributed by atoms with Crippen LogP contribution < -0.4 is 14.2 Å². The highest BCUT2D eigenvalue weighted by molar-refractivity contribution is 7.92. The number of nitrogens with one attached hydrogen (secondary N) is 1. The molecule has 0 spiro atoms. The fourth-order valence-corrected chi connectivity index (χ4v) is 2.68. The number of hydrogen-bond acceptors (Lipinski definition) is 6. The van der Waals surface area contributed by atoms with E-state index in [2.05, 4.69) is 4.72 Å². The van der Waals surface area contributed by atoms with Gasteiger partial charge in [-0.25, -0.2) is 8.42 Å². The molecule has 0 saturated carbocycles. The van der Waals surface area contributed by atoms with Crippen LogP contribution >= 0.6 is 0 Å². The molecule has 0 aromatic heterocycles. The molecule has 1 heterocycles. The van der Waals surface area contributed by atoms with Crippen molar-refractivity contribution in [2.75, 3.05) is 50.6 Å². The molecule has 7 nitrogen and oxygen atoms in total. The lowest BCUT2D eigenvalue weighted by molar-refractivity contribution is 0.0785. The summed E-state index contributed by atoms with van der Waals surface area (Å²) in [5, 5.41) is 0. The Balaban J connectivity index is 1.87. The van der Waals surface area contributed by atoms with Crippen molar-refractivity contribution in [3.8, 4) is 11.5 Å². The van der Waals surface area contributed by atoms with Gasteiger partial charge in [-0.3, -0.25) is 4.72 Å². The first kappa shape index (κ1) is 15.9.